The molecule has 1 fully saturated rings. The monoisotopic (exact) mass is 582 g/mol. The SMILES string of the molecule is CCCCCCC[C@@H](C/C=C/CCC(=O)N(C)C/C(=C/Cl)C/C(=C\C(=O)N1CC(OC(C)=O)CC1=O)OC)OC. The van der Waals surface area contributed by atoms with Crippen molar-refractivity contribution in [3.05, 3.63) is 35.1 Å². The maximum absolute atomic E-state index is 12.7. The molecule has 0 aromatic heterocycles. The summed E-state index contributed by atoms with van der Waals surface area (Å²) in [5.74, 6) is -1.22. The molecule has 0 aromatic rings. The van der Waals surface area contributed by atoms with Crippen molar-refractivity contribution in [2.75, 3.05) is 34.4 Å². The Morgan fingerprint density at radius 1 is 1.15 bits per heavy atom. The summed E-state index contributed by atoms with van der Waals surface area (Å²) in [6.45, 7) is 3.73. The van der Waals surface area contributed by atoms with Crippen LogP contribution in [0.4, 0.5) is 0 Å². The summed E-state index contributed by atoms with van der Waals surface area (Å²) in [6.07, 6.45) is 14.1. The Balaban J connectivity index is 2.50. The number of allylic oxidation sites excluding steroid dienone is 2. The van der Waals surface area contributed by atoms with Gasteiger partial charge in [0.25, 0.3) is 5.91 Å². The van der Waals surface area contributed by atoms with E-state index in [1.54, 1.807) is 19.1 Å². The van der Waals surface area contributed by atoms with E-state index in [1.807, 2.05) is 6.08 Å². The van der Waals surface area contributed by atoms with Crippen LogP contribution in [0.25, 0.3) is 0 Å². The lowest BCUT2D eigenvalue weighted by Gasteiger charge is -2.19. The van der Waals surface area contributed by atoms with Gasteiger partial charge in [0.05, 0.1) is 26.2 Å². The summed E-state index contributed by atoms with van der Waals surface area (Å²) < 4.78 is 16.0. The van der Waals surface area contributed by atoms with E-state index in [0.717, 1.165) is 17.7 Å². The molecular weight excluding hydrogens is 536 g/mol. The van der Waals surface area contributed by atoms with Crippen LogP contribution < -0.4 is 0 Å². The maximum atomic E-state index is 12.7. The van der Waals surface area contributed by atoms with Crippen molar-refractivity contribution in [2.45, 2.75) is 96.7 Å². The first kappa shape index (κ1) is 35.4. The lowest BCUT2D eigenvalue weighted by atomic mass is 10.1. The number of esters is 1. The first-order valence-electron chi connectivity index (χ1n) is 14.1. The third-order valence-corrected chi connectivity index (χ3v) is 7.02. The topological polar surface area (TPSA) is 102 Å². The van der Waals surface area contributed by atoms with Gasteiger partial charge < -0.3 is 19.1 Å². The fourth-order valence-corrected chi connectivity index (χ4v) is 4.56. The van der Waals surface area contributed by atoms with Gasteiger partial charge in [-0.05, 0) is 24.8 Å². The molecule has 1 aliphatic rings. The molecule has 226 valence electrons. The number of hydrogen-bond donors (Lipinski definition) is 0. The van der Waals surface area contributed by atoms with Crippen LogP contribution in [0.2, 0.25) is 0 Å². The largest absolute Gasteiger partial charge is 0.501 e. The van der Waals surface area contributed by atoms with Gasteiger partial charge in [-0.3, -0.25) is 24.1 Å². The zero-order valence-electron chi connectivity index (χ0n) is 24.8. The highest BCUT2D eigenvalue weighted by Gasteiger charge is 2.35. The molecule has 0 aromatic carbocycles. The zero-order chi connectivity index (χ0) is 29.9. The van der Waals surface area contributed by atoms with Gasteiger partial charge in [-0.25, -0.2) is 0 Å². The maximum Gasteiger partial charge on any atom is 0.302 e. The number of likely N-dealkylation sites (N-methyl/N-ethyl adjacent to an activating group) is 1. The molecule has 3 amide bonds. The lowest BCUT2D eigenvalue weighted by molar-refractivity contribution is -0.146. The zero-order valence-corrected chi connectivity index (χ0v) is 25.5. The number of amides is 3. The van der Waals surface area contributed by atoms with E-state index in [0.29, 0.717) is 24.2 Å². The van der Waals surface area contributed by atoms with Crippen molar-refractivity contribution in [2.24, 2.45) is 0 Å². The summed E-state index contributed by atoms with van der Waals surface area (Å²) >= 11 is 6.02. The Bertz CT molecular complexity index is 916. The molecule has 0 bridgehead atoms. The molecule has 0 radical (unpaired) electrons. The van der Waals surface area contributed by atoms with Crippen molar-refractivity contribution in [1.29, 1.82) is 0 Å². The average molecular weight is 583 g/mol. The third kappa shape index (κ3) is 14.1. The minimum Gasteiger partial charge on any atom is -0.501 e. The average Bonchev–Trinajstić information content (AvgIpc) is 3.29. The molecule has 1 heterocycles. The van der Waals surface area contributed by atoms with Gasteiger partial charge in [0.2, 0.25) is 11.8 Å². The number of nitrogens with zero attached hydrogens (tertiary/aromatic N) is 2. The van der Waals surface area contributed by atoms with Crippen LogP contribution in [-0.2, 0) is 33.4 Å². The fourth-order valence-electron chi connectivity index (χ4n) is 4.42. The van der Waals surface area contributed by atoms with Crippen molar-refractivity contribution >= 4 is 35.3 Å². The second kappa shape index (κ2) is 20.3. The number of carbonyl (C=O) groups excluding carboxylic acids is 4. The van der Waals surface area contributed by atoms with Crippen molar-refractivity contribution in [3.8, 4) is 0 Å². The minimum atomic E-state index is -0.650. The highest BCUT2D eigenvalue weighted by atomic mass is 35.5. The van der Waals surface area contributed by atoms with E-state index >= 15 is 0 Å². The molecule has 1 aliphatic heterocycles. The molecule has 2 atom stereocenters. The molecule has 0 spiro atoms. The van der Waals surface area contributed by atoms with E-state index in [4.69, 9.17) is 25.8 Å². The van der Waals surface area contributed by atoms with Crippen LogP contribution in [-0.4, -0.2) is 80.1 Å². The summed E-state index contributed by atoms with van der Waals surface area (Å²) in [5, 5.41) is 0. The van der Waals surface area contributed by atoms with E-state index < -0.39 is 23.9 Å². The Morgan fingerprint density at radius 3 is 2.50 bits per heavy atom. The third-order valence-electron chi connectivity index (χ3n) is 6.71. The van der Waals surface area contributed by atoms with Crippen LogP contribution in [0.15, 0.2) is 35.1 Å². The highest BCUT2D eigenvalue weighted by molar-refractivity contribution is 6.25. The van der Waals surface area contributed by atoms with Crippen molar-refractivity contribution < 1.29 is 33.4 Å². The Kier molecular flexibility index (Phi) is 17.9. The molecule has 0 aliphatic carbocycles. The summed E-state index contributed by atoms with van der Waals surface area (Å²) in [4.78, 5) is 51.2. The quantitative estimate of drug-likeness (QED) is 0.0671. The Labute approximate surface area is 244 Å². The Morgan fingerprint density at radius 2 is 1.88 bits per heavy atom. The predicted molar refractivity (Wildman–Crippen MR) is 155 cm³/mol. The first-order valence-corrected chi connectivity index (χ1v) is 14.5. The standard InChI is InChI=1S/C30H47ClN2O7/c1-6-7-8-9-11-14-25(38-4)15-12-10-13-16-28(35)32(3)21-24(20-31)17-26(39-5)18-29(36)33-22-27(19-30(33)37)40-23(2)34/h10,12,18,20,25,27H,6-9,11,13-17,19,21-22H2,1-5H3/b12-10+,24-20+,26-18+/t25-,27?/m0/s1. The van der Waals surface area contributed by atoms with Gasteiger partial charge in [-0.15, -0.1) is 0 Å². The highest BCUT2D eigenvalue weighted by Crippen LogP contribution is 2.19. The number of imide groups is 1. The van der Waals surface area contributed by atoms with Crippen molar-refractivity contribution in [3.63, 3.8) is 0 Å². The Hall–Kier alpha value is -2.65. The molecule has 0 saturated carbocycles. The molecule has 1 saturated heterocycles. The molecular formula is C30H47ClN2O7. The fraction of sp³-hybridized carbons (Fsp3) is 0.667. The molecule has 0 N–H and O–H groups in total. The number of hydrogen-bond acceptors (Lipinski definition) is 7. The second-order valence-electron chi connectivity index (χ2n) is 10.1. The van der Waals surface area contributed by atoms with E-state index in [-0.39, 0.29) is 37.9 Å². The number of rotatable bonds is 19. The summed E-state index contributed by atoms with van der Waals surface area (Å²) in [7, 11) is 4.86. The molecule has 1 rings (SSSR count). The van der Waals surface area contributed by atoms with Crippen LogP contribution >= 0.6 is 11.6 Å². The molecule has 40 heavy (non-hydrogen) atoms. The summed E-state index contributed by atoms with van der Waals surface area (Å²) in [5.41, 5.74) is 2.03. The van der Waals surface area contributed by atoms with Crippen LogP contribution in [0.1, 0.15) is 84.5 Å². The number of methoxy groups -OCH3 is 2. The summed E-state index contributed by atoms with van der Waals surface area (Å²) in [6, 6.07) is 0. The predicted octanol–water partition coefficient (Wildman–Crippen LogP) is 5.28. The molecule has 10 heteroatoms. The molecule has 9 nitrogen and oxygen atoms in total. The number of likely N-dealkylation sites (tertiary alicyclic amines) is 1. The van der Waals surface area contributed by atoms with Gasteiger partial charge in [0.15, 0.2) is 0 Å². The van der Waals surface area contributed by atoms with Gasteiger partial charge >= 0.3 is 5.97 Å². The number of ether oxygens (including phenoxy) is 3. The number of carbonyl (C=O) groups is 4. The smallest absolute Gasteiger partial charge is 0.302 e. The van der Waals surface area contributed by atoms with Gasteiger partial charge in [0.1, 0.15) is 11.9 Å². The second-order valence-corrected chi connectivity index (χ2v) is 10.3. The first-order chi connectivity index (χ1) is 19.1. The molecule has 1 unspecified atom stereocenters. The van der Waals surface area contributed by atoms with E-state index in [1.165, 1.54) is 57.7 Å². The van der Waals surface area contributed by atoms with Crippen LogP contribution in [0.3, 0.4) is 0 Å². The van der Waals surface area contributed by atoms with Crippen LogP contribution in [0, 0.1) is 0 Å². The van der Waals surface area contributed by atoms with Gasteiger partial charge in [-0.2, -0.15) is 0 Å². The number of unbranched alkanes of at least 4 members (excludes halogenated alkanes) is 4. The lowest BCUT2D eigenvalue weighted by Crippen LogP contribution is -2.32. The van der Waals surface area contributed by atoms with E-state index in [2.05, 4.69) is 13.0 Å². The van der Waals surface area contributed by atoms with E-state index in [9.17, 15) is 19.2 Å². The van der Waals surface area contributed by atoms with Crippen molar-refractivity contribution in [1.82, 2.24) is 9.80 Å². The van der Waals surface area contributed by atoms with Crippen LogP contribution in [0.5, 0.6) is 0 Å². The van der Waals surface area contributed by atoms with Gasteiger partial charge in [0, 0.05) is 52.1 Å². The number of halogens is 1. The minimum absolute atomic E-state index is 0.000197. The normalized spacial score (nSPS) is 16.9. The van der Waals surface area contributed by atoms with Gasteiger partial charge in [-0.1, -0.05) is 62.8 Å².